The minimum atomic E-state index is -1.07. The molecule has 1 heterocycles. The summed E-state index contributed by atoms with van der Waals surface area (Å²) in [6.07, 6.45) is 1.30. The lowest BCUT2D eigenvalue weighted by Crippen LogP contribution is -2.40. The number of hydrogen-bond donors (Lipinski definition) is 2. The first kappa shape index (κ1) is 14.9. The van der Waals surface area contributed by atoms with E-state index in [0.29, 0.717) is 5.56 Å². The maximum Gasteiger partial charge on any atom is 0.326 e. The monoisotopic (exact) mass is 295 g/mol. The molecule has 2 rings (SSSR count). The van der Waals surface area contributed by atoms with Crippen LogP contribution >= 0.6 is 11.8 Å². The van der Waals surface area contributed by atoms with Crippen LogP contribution in [0.15, 0.2) is 24.3 Å². The van der Waals surface area contributed by atoms with E-state index in [0.717, 1.165) is 11.3 Å². The van der Waals surface area contributed by atoms with E-state index in [9.17, 15) is 14.7 Å². The Morgan fingerprint density at radius 3 is 2.85 bits per heavy atom. The second-order valence-corrected chi connectivity index (χ2v) is 5.70. The Morgan fingerprint density at radius 1 is 1.45 bits per heavy atom. The first-order valence-corrected chi connectivity index (χ1v) is 7.72. The predicted octanol–water partition coefficient (Wildman–Crippen LogP) is 1.21. The van der Waals surface area contributed by atoms with Crippen molar-refractivity contribution in [2.75, 3.05) is 12.8 Å². The molecular weight excluding hydrogens is 278 g/mol. The standard InChI is InChI=1S/C14H17NO4S/c1-20-8-9-3-2-4-10(5-9)13(17)15-7-11(16)6-12(15)14(18)19/h2-5,11-12,16H,6-8H2,1H3,(H,18,19)/t11-,12-/m0/s1. The Hall–Kier alpha value is -1.53. The van der Waals surface area contributed by atoms with Crippen LogP contribution in [0, 0.1) is 0 Å². The third kappa shape index (κ3) is 3.13. The van der Waals surface area contributed by atoms with Crippen molar-refractivity contribution in [3.8, 4) is 0 Å². The van der Waals surface area contributed by atoms with Crippen LogP contribution < -0.4 is 0 Å². The van der Waals surface area contributed by atoms with Crippen LogP contribution in [0.4, 0.5) is 0 Å². The Morgan fingerprint density at radius 2 is 2.20 bits per heavy atom. The van der Waals surface area contributed by atoms with Gasteiger partial charge in [-0.25, -0.2) is 4.79 Å². The highest BCUT2D eigenvalue weighted by molar-refractivity contribution is 7.97. The number of thioether (sulfide) groups is 1. The van der Waals surface area contributed by atoms with Crippen LogP contribution in [0.1, 0.15) is 22.3 Å². The maximum atomic E-state index is 12.4. The maximum absolute atomic E-state index is 12.4. The SMILES string of the molecule is CSCc1cccc(C(=O)N2C[C@@H](O)C[C@H]2C(=O)O)c1. The zero-order valence-corrected chi connectivity index (χ0v) is 12.0. The molecule has 2 atom stereocenters. The highest BCUT2D eigenvalue weighted by atomic mass is 32.2. The van der Waals surface area contributed by atoms with Crippen molar-refractivity contribution in [3.05, 3.63) is 35.4 Å². The lowest BCUT2D eigenvalue weighted by molar-refractivity contribution is -0.141. The van der Waals surface area contributed by atoms with Gasteiger partial charge in [-0.2, -0.15) is 11.8 Å². The van der Waals surface area contributed by atoms with Crippen molar-refractivity contribution in [3.63, 3.8) is 0 Å². The molecule has 0 radical (unpaired) electrons. The van der Waals surface area contributed by atoms with Gasteiger partial charge in [-0.1, -0.05) is 12.1 Å². The average Bonchev–Trinajstić information content (AvgIpc) is 2.81. The molecule has 1 fully saturated rings. The molecule has 5 nitrogen and oxygen atoms in total. The summed E-state index contributed by atoms with van der Waals surface area (Å²) >= 11 is 1.65. The van der Waals surface area contributed by atoms with E-state index in [2.05, 4.69) is 0 Å². The summed E-state index contributed by atoms with van der Waals surface area (Å²) in [6, 6.07) is 6.24. The van der Waals surface area contributed by atoms with Crippen molar-refractivity contribution in [1.29, 1.82) is 0 Å². The second-order valence-electron chi connectivity index (χ2n) is 4.83. The number of aliphatic carboxylic acids is 1. The van der Waals surface area contributed by atoms with E-state index >= 15 is 0 Å². The molecule has 6 heteroatoms. The number of nitrogens with zero attached hydrogens (tertiary/aromatic N) is 1. The van der Waals surface area contributed by atoms with Gasteiger partial charge in [0.05, 0.1) is 6.10 Å². The van der Waals surface area contributed by atoms with Gasteiger partial charge in [0.1, 0.15) is 6.04 Å². The first-order valence-electron chi connectivity index (χ1n) is 6.32. The number of rotatable bonds is 4. The van der Waals surface area contributed by atoms with Gasteiger partial charge >= 0.3 is 5.97 Å². The summed E-state index contributed by atoms with van der Waals surface area (Å²) in [4.78, 5) is 24.8. The van der Waals surface area contributed by atoms with E-state index in [4.69, 9.17) is 5.11 Å². The van der Waals surface area contributed by atoms with Crippen LogP contribution in [0.3, 0.4) is 0 Å². The summed E-state index contributed by atoms with van der Waals surface area (Å²) in [6.45, 7) is 0.0720. The normalized spacial score (nSPS) is 22.0. The van der Waals surface area contributed by atoms with Gasteiger partial charge in [0.25, 0.3) is 5.91 Å². The molecule has 1 aliphatic heterocycles. The van der Waals surface area contributed by atoms with Crippen molar-refractivity contribution in [1.82, 2.24) is 4.90 Å². The zero-order chi connectivity index (χ0) is 14.7. The number of hydrogen-bond acceptors (Lipinski definition) is 4. The highest BCUT2D eigenvalue weighted by Crippen LogP contribution is 2.22. The van der Waals surface area contributed by atoms with Crippen LogP contribution in [-0.2, 0) is 10.5 Å². The summed E-state index contributed by atoms with van der Waals surface area (Å²) in [5.41, 5.74) is 1.49. The van der Waals surface area contributed by atoms with Crippen LogP contribution in [0.25, 0.3) is 0 Å². The Balaban J connectivity index is 2.21. The van der Waals surface area contributed by atoms with Gasteiger partial charge in [0, 0.05) is 24.3 Å². The number of carboxylic acids is 1. The van der Waals surface area contributed by atoms with E-state index in [1.807, 2.05) is 12.3 Å². The molecule has 1 saturated heterocycles. The zero-order valence-electron chi connectivity index (χ0n) is 11.2. The van der Waals surface area contributed by atoms with Crippen molar-refractivity contribution in [2.45, 2.75) is 24.3 Å². The third-order valence-corrected chi connectivity index (χ3v) is 3.93. The Kier molecular flexibility index (Phi) is 4.67. The number of aliphatic hydroxyl groups is 1. The van der Waals surface area contributed by atoms with Crippen molar-refractivity contribution in [2.24, 2.45) is 0 Å². The van der Waals surface area contributed by atoms with Gasteiger partial charge < -0.3 is 15.1 Å². The van der Waals surface area contributed by atoms with Gasteiger partial charge in [-0.15, -0.1) is 0 Å². The fourth-order valence-corrected chi connectivity index (χ4v) is 2.91. The molecule has 0 unspecified atom stereocenters. The van der Waals surface area contributed by atoms with Gasteiger partial charge in [-0.3, -0.25) is 4.79 Å². The third-order valence-electron chi connectivity index (χ3n) is 3.31. The molecule has 1 aliphatic rings. The fourth-order valence-electron chi connectivity index (χ4n) is 2.40. The molecule has 2 N–H and O–H groups in total. The smallest absolute Gasteiger partial charge is 0.326 e. The number of likely N-dealkylation sites (tertiary alicyclic amines) is 1. The van der Waals surface area contributed by atoms with Gasteiger partial charge in [-0.05, 0) is 24.0 Å². The number of carboxylic acid groups (broad SMARTS) is 1. The van der Waals surface area contributed by atoms with Crippen LogP contribution in [0.5, 0.6) is 0 Å². The second kappa shape index (κ2) is 6.28. The number of aliphatic hydroxyl groups excluding tert-OH is 1. The largest absolute Gasteiger partial charge is 0.480 e. The van der Waals surface area contributed by atoms with E-state index < -0.39 is 18.1 Å². The summed E-state index contributed by atoms with van der Waals surface area (Å²) in [5.74, 6) is -0.612. The number of benzene rings is 1. The molecule has 0 spiro atoms. The number of amides is 1. The average molecular weight is 295 g/mol. The van der Waals surface area contributed by atoms with E-state index in [1.54, 1.807) is 30.0 Å². The van der Waals surface area contributed by atoms with Crippen LogP contribution in [-0.4, -0.2) is 51.9 Å². The molecule has 1 aromatic rings. The fraction of sp³-hybridized carbons (Fsp3) is 0.429. The van der Waals surface area contributed by atoms with Crippen molar-refractivity contribution < 1.29 is 19.8 Å². The van der Waals surface area contributed by atoms with Gasteiger partial charge in [0.15, 0.2) is 0 Å². The molecule has 0 aliphatic carbocycles. The minimum Gasteiger partial charge on any atom is -0.480 e. The molecule has 1 aromatic carbocycles. The molecule has 0 saturated carbocycles. The lowest BCUT2D eigenvalue weighted by Gasteiger charge is -2.21. The first-order chi connectivity index (χ1) is 9.52. The summed E-state index contributed by atoms with van der Waals surface area (Å²) in [7, 11) is 0. The molecule has 0 bridgehead atoms. The van der Waals surface area contributed by atoms with E-state index in [1.165, 1.54) is 4.90 Å². The molecule has 0 aromatic heterocycles. The predicted molar refractivity (Wildman–Crippen MR) is 76.7 cm³/mol. The molecule has 108 valence electrons. The van der Waals surface area contributed by atoms with Crippen LogP contribution in [0.2, 0.25) is 0 Å². The highest BCUT2D eigenvalue weighted by Gasteiger charge is 2.39. The molecule has 20 heavy (non-hydrogen) atoms. The molecule has 1 amide bonds. The topological polar surface area (TPSA) is 77.8 Å². The quantitative estimate of drug-likeness (QED) is 0.873. The molecular formula is C14H17NO4S. The summed E-state index contributed by atoms with van der Waals surface area (Å²) in [5, 5.41) is 18.7. The number of carbonyl (C=O) groups is 2. The lowest BCUT2D eigenvalue weighted by atomic mass is 10.1. The number of carbonyl (C=O) groups excluding carboxylic acids is 1. The Labute approximate surface area is 121 Å². The summed E-state index contributed by atoms with van der Waals surface area (Å²) < 4.78 is 0. The number of β-amino-alcohol motifs (C(OH)–C–C–N with tert-alkyl or cyclic N) is 1. The van der Waals surface area contributed by atoms with Crippen molar-refractivity contribution >= 4 is 23.6 Å². The minimum absolute atomic E-state index is 0.0720. The Bertz CT molecular complexity index is 520. The van der Waals surface area contributed by atoms with E-state index in [-0.39, 0.29) is 18.9 Å². The van der Waals surface area contributed by atoms with Gasteiger partial charge in [0.2, 0.25) is 0 Å².